The highest BCUT2D eigenvalue weighted by Gasteiger charge is 2.07. The topological polar surface area (TPSA) is 83.0 Å². The van der Waals surface area contributed by atoms with Gasteiger partial charge < -0.3 is 10.5 Å². The molecule has 21 heavy (non-hydrogen) atoms. The van der Waals surface area contributed by atoms with E-state index >= 15 is 0 Å². The van der Waals surface area contributed by atoms with Crippen LogP contribution in [0.5, 0.6) is 5.88 Å². The van der Waals surface area contributed by atoms with Crippen molar-refractivity contribution in [1.29, 1.82) is 0 Å². The van der Waals surface area contributed by atoms with Crippen molar-refractivity contribution >= 4 is 16.7 Å². The first-order valence-electron chi connectivity index (χ1n) is 6.43. The number of nitrogen functional groups attached to an aromatic ring is 1. The Morgan fingerprint density at radius 2 is 2.05 bits per heavy atom. The number of para-hydroxylation sites is 1. The number of aromatic nitrogens is 3. The van der Waals surface area contributed by atoms with Crippen molar-refractivity contribution < 1.29 is 4.74 Å². The van der Waals surface area contributed by atoms with Gasteiger partial charge in [-0.25, -0.2) is 9.67 Å². The molecule has 0 fully saturated rings. The Balaban J connectivity index is 2.05. The lowest BCUT2D eigenvalue weighted by Gasteiger charge is -2.09. The SMILES string of the molecule is COc1ccc(=O)n(Cc2cc3ccccc3nc2N)n1. The third-order valence-corrected chi connectivity index (χ3v) is 3.21. The van der Waals surface area contributed by atoms with E-state index in [1.165, 1.54) is 23.9 Å². The highest BCUT2D eigenvalue weighted by Crippen LogP contribution is 2.18. The van der Waals surface area contributed by atoms with Crippen LogP contribution in [0.4, 0.5) is 5.82 Å². The third kappa shape index (κ3) is 2.55. The maximum Gasteiger partial charge on any atom is 0.267 e. The highest BCUT2D eigenvalue weighted by molar-refractivity contribution is 5.81. The Bertz CT molecular complexity index is 858. The third-order valence-electron chi connectivity index (χ3n) is 3.21. The van der Waals surface area contributed by atoms with Gasteiger partial charge in [-0.1, -0.05) is 18.2 Å². The van der Waals surface area contributed by atoms with E-state index in [4.69, 9.17) is 10.5 Å². The molecule has 1 aromatic carbocycles. The molecule has 3 rings (SSSR count). The van der Waals surface area contributed by atoms with Gasteiger partial charge in [-0.15, -0.1) is 5.10 Å². The van der Waals surface area contributed by atoms with Crippen molar-refractivity contribution in [3.63, 3.8) is 0 Å². The number of fused-ring (bicyclic) bond motifs is 1. The van der Waals surface area contributed by atoms with E-state index < -0.39 is 0 Å². The minimum absolute atomic E-state index is 0.219. The van der Waals surface area contributed by atoms with E-state index in [1.807, 2.05) is 30.3 Å². The summed E-state index contributed by atoms with van der Waals surface area (Å²) in [5.74, 6) is 0.770. The van der Waals surface area contributed by atoms with Gasteiger partial charge in [-0.3, -0.25) is 4.79 Å². The summed E-state index contributed by atoms with van der Waals surface area (Å²) in [6.07, 6.45) is 0. The Hall–Kier alpha value is -2.89. The van der Waals surface area contributed by atoms with Gasteiger partial charge >= 0.3 is 0 Å². The Labute approximate surface area is 120 Å². The molecular weight excluding hydrogens is 268 g/mol. The first kappa shape index (κ1) is 13.1. The number of benzene rings is 1. The van der Waals surface area contributed by atoms with Gasteiger partial charge in [0.2, 0.25) is 5.88 Å². The maximum atomic E-state index is 11.9. The van der Waals surface area contributed by atoms with Crippen molar-refractivity contribution in [2.75, 3.05) is 12.8 Å². The smallest absolute Gasteiger partial charge is 0.267 e. The number of methoxy groups -OCH3 is 1. The predicted molar refractivity (Wildman–Crippen MR) is 80.3 cm³/mol. The van der Waals surface area contributed by atoms with Crippen LogP contribution >= 0.6 is 0 Å². The quantitative estimate of drug-likeness (QED) is 0.785. The van der Waals surface area contributed by atoms with Crippen LogP contribution in [-0.2, 0) is 6.54 Å². The van der Waals surface area contributed by atoms with E-state index in [1.54, 1.807) is 0 Å². The first-order chi connectivity index (χ1) is 10.2. The second-order valence-corrected chi connectivity index (χ2v) is 4.60. The van der Waals surface area contributed by atoms with Crippen LogP contribution in [0.1, 0.15) is 5.56 Å². The van der Waals surface area contributed by atoms with Crippen LogP contribution in [0.2, 0.25) is 0 Å². The minimum atomic E-state index is -0.219. The van der Waals surface area contributed by atoms with Gasteiger partial charge in [0.15, 0.2) is 0 Å². The van der Waals surface area contributed by atoms with Crippen LogP contribution in [0, 0.1) is 0 Å². The summed E-state index contributed by atoms with van der Waals surface area (Å²) in [7, 11) is 1.50. The van der Waals surface area contributed by atoms with Gasteiger partial charge in [0, 0.05) is 23.1 Å². The number of anilines is 1. The van der Waals surface area contributed by atoms with Gasteiger partial charge in [0.1, 0.15) is 5.82 Å². The Kier molecular flexibility index (Phi) is 3.27. The zero-order valence-corrected chi connectivity index (χ0v) is 11.5. The molecule has 3 aromatic rings. The molecule has 0 saturated heterocycles. The van der Waals surface area contributed by atoms with Crippen LogP contribution < -0.4 is 16.0 Å². The number of ether oxygens (including phenoxy) is 1. The Morgan fingerprint density at radius 3 is 2.86 bits per heavy atom. The fourth-order valence-electron chi connectivity index (χ4n) is 2.11. The van der Waals surface area contributed by atoms with Crippen LogP contribution in [0.3, 0.4) is 0 Å². The molecule has 0 saturated carbocycles. The first-order valence-corrected chi connectivity index (χ1v) is 6.43. The molecule has 0 amide bonds. The molecule has 0 unspecified atom stereocenters. The number of rotatable bonds is 3. The van der Waals surface area contributed by atoms with Crippen LogP contribution in [0.15, 0.2) is 47.3 Å². The summed E-state index contributed by atoms with van der Waals surface area (Å²) < 4.78 is 6.34. The number of hydrogen-bond donors (Lipinski definition) is 1. The average molecular weight is 282 g/mol. The molecule has 0 radical (unpaired) electrons. The molecule has 0 aliphatic heterocycles. The molecule has 2 N–H and O–H groups in total. The zero-order valence-electron chi connectivity index (χ0n) is 11.5. The molecule has 0 aliphatic carbocycles. The molecular formula is C15H14N4O2. The number of pyridine rings is 1. The zero-order chi connectivity index (χ0) is 14.8. The molecule has 6 heteroatoms. The van der Waals surface area contributed by atoms with Crippen molar-refractivity contribution in [3.05, 3.63) is 58.4 Å². The van der Waals surface area contributed by atoms with E-state index in [-0.39, 0.29) is 12.1 Å². The van der Waals surface area contributed by atoms with Gasteiger partial charge in [-0.05, 0) is 12.1 Å². The normalized spacial score (nSPS) is 10.7. The summed E-state index contributed by atoms with van der Waals surface area (Å²) in [5, 5.41) is 5.08. The lowest BCUT2D eigenvalue weighted by molar-refractivity contribution is 0.379. The molecule has 0 bridgehead atoms. The van der Waals surface area contributed by atoms with Crippen molar-refractivity contribution in [2.24, 2.45) is 0 Å². The average Bonchev–Trinajstić information content (AvgIpc) is 2.50. The molecule has 6 nitrogen and oxygen atoms in total. The van der Waals surface area contributed by atoms with Crippen molar-refractivity contribution in [3.8, 4) is 5.88 Å². The lowest BCUT2D eigenvalue weighted by atomic mass is 10.1. The molecule has 2 aromatic heterocycles. The second kappa shape index (κ2) is 5.24. The summed E-state index contributed by atoms with van der Waals surface area (Å²) in [5.41, 5.74) is 7.32. The lowest BCUT2D eigenvalue weighted by Crippen LogP contribution is -2.23. The fraction of sp³-hybridized carbons (Fsp3) is 0.133. The summed E-state index contributed by atoms with van der Waals surface area (Å²) in [4.78, 5) is 16.2. The predicted octanol–water partition coefficient (Wildman–Crippen LogP) is 1.43. The molecule has 106 valence electrons. The largest absolute Gasteiger partial charge is 0.480 e. The summed E-state index contributed by atoms with van der Waals surface area (Å²) in [6.45, 7) is 0.250. The standard InChI is InChI=1S/C15H14N4O2/c1-21-13-6-7-14(20)19(18-13)9-11-8-10-4-2-3-5-12(10)17-15(11)16/h2-8H,9H2,1H3,(H2,16,17). The van der Waals surface area contributed by atoms with Gasteiger partial charge in [0.25, 0.3) is 5.56 Å². The molecule has 0 atom stereocenters. The highest BCUT2D eigenvalue weighted by atomic mass is 16.5. The van der Waals surface area contributed by atoms with Crippen molar-refractivity contribution in [1.82, 2.24) is 14.8 Å². The van der Waals surface area contributed by atoms with E-state index in [0.717, 1.165) is 16.5 Å². The number of nitrogens with two attached hydrogens (primary N) is 1. The molecule has 0 aliphatic rings. The van der Waals surface area contributed by atoms with Gasteiger partial charge in [0.05, 0.1) is 19.2 Å². The summed E-state index contributed by atoms with van der Waals surface area (Å²) >= 11 is 0. The van der Waals surface area contributed by atoms with E-state index in [9.17, 15) is 4.79 Å². The second-order valence-electron chi connectivity index (χ2n) is 4.60. The Morgan fingerprint density at radius 1 is 1.24 bits per heavy atom. The minimum Gasteiger partial charge on any atom is -0.480 e. The number of nitrogens with zero attached hydrogens (tertiary/aromatic N) is 3. The molecule has 0 spiro atoms. The van der Waals surface area contributed by atoms with E-state index in [0.29, 0.717) is 11.7 Å². The monoisotopic (exact) mass is 282 g/mol. The van der Waals surface area contributed by atoms with Crippen LogP contribution in [0.25, 0.3) is 10.9 Å². The van der Waals surface area contributed by atoms with E-state index in [2.05, 4.69) is 10.1 Å². The summed E-state index contributed by atoms with van der Waals surface area (Å²) in [6, 6.07) is 12.5. The van der Waals surface area contributed by atoms with Crippen LogP contribution in [-0.4, -0.2) is 21.9 Å². The number of hydrogen-bond acceptors (Lipinski definition) is 5. The molecule has 2 heterocycles. The maximum absolute atomic E-state index is 11.9. The van der Waals surface area contributed by atoms with Gasteiger partial charge in [-0.2, -0.15) is 0 Å². The fourth-order valence-corrected chi connectivity index (χ4v) is 2.11. The van der Waals surface area contributed by atoms with Crippen molar-refractivity contribution in [2.45, 2.75) is 6.54 Å².